The van der Waals surface area contributed by atoms with Crippen molar-refractivity contribution in [2.75, 3.05) is 7.05 Å². The fraction of sp³-hybridized carbons (Fsp3) is 0.333. The summed E-state index contributed by atoms with van der Waals surface area (Å²) in [6, 6.07) is 0. The topological polar surface area (TPSA) is 12.0 Å². The van der Waals surface area contributed by atoms with Crippen LogP contribution in [0.1, 0.15) is 6.92 Å². The summed E-state index contributed by atoms with van der Waals surface area (Å²) in [4.78, 5) is 0. The summed E-state index contributed by atoms with van der Waals surface area (Å²) in [6.45, 7) is 4.91. The average molecular weight is 115 g/mol. The first-order valence-electron chi connectivity index (χ1n) is 2.39. The molecule has 0 rings (SSSR count). The molecule has 0 aliphatic rings. The number of hydrogen-bond acceptors (Lipinski definition) is 1. The van der Waals surface area contributed by atoms with Gasteiger partial charge in [-0.05, 0) is 13.0 Å². The van der Waals surface area contributed by atoms with Gasteiger partial charge in [0, 0.05) is 12.7 Å². The van der Waals surface area contributed by atoms with Crippen LogP contribution < -0.4 is 5.32 Å². The molecule has 0 saturated carbocycles. The molecule has 46 valence electrons. The number of rotatable bonds is 2. The first kappa shape index (κ1) is 7.21. The Hall–Kier alpha value is -0.790. The van der Waals surface area contributed by atoms with E-state index in [1.807, 2.05) is 0 Å². The molecule has 0 aliphatic heterocycles. The molecule has 0 aliphatic carbocycles. The maximum absolute atomic E-state index is 12.2. The van der Waals surface area contributed by atoms with Crippen LogP contribution in [0.3, 0.4) is 0 Å². The lowest BCUT2D eigenvalue weighted by Crippen LogP contribution is -2.02. The summed E-state index contributed by atoms with van der Waals surface area (Å²) < 4.78 is 12.2. The first-order chi connectivity index (χ1) is 3.72. The molecule has 0 spiro atoms. The van der Waals surface area contributed by atoms with E-state index in [0.717, 1.165) is 0 Å². The molecule has 0 fully saturated rings. The van der Waals surface area contributed by atoms with E-state index in [9.17, 15) is 4.39 Å². The molecule has 1 nitrogen and oxygen atoms in total. The van der Waals surface area contributed by atoms with Crippen LogP contribution in [0.25, 0.3) is 0 Å². The molecular weight excluding hydrogens is 105 g/mol. The van der Waals surface area contributed by atoms with Gasteiger partial charge in [-0.15, -0.1) is 0 Å². The molecule has 0 radical (unpaired) electrons. The third-order valence-electron chi connectivity index (χ3n) is 0.912. The standard InChI is InChI=1S/C6H10FN/c1-4-6(7)5(2)8-3/h4,8H,1H2,2-3H3/b6-5-. The van der Waals surface area contributed by atoms with Crippen LogP contribution in [0.15, 0.2) is 24.2 Å². The summed E-state index contributed by atoms with van der Waals surface area (Å²) in [7, 11) is 1.67. The van der Waals surface area contributed by atoms with Crippen LogP contribution in [0.4, 0.5) is 4.39 Å². The second-order valence-corrected chi connectivity index (χ2v) is 1.43. The largest absolute Gasteiger partial charge is 0.389 e. The zero-order chi connectivity index (χ0) is 6.57. The Kier molecular flexibility index (Phi) is 2.92. The SMILES string of the molecule is C=C/C(F)=C(\C)NC. The zero-order valence-corrected chi connectivity index (χ0v) is 5.16. The fourth-order valence-corrected chi connectivity index (χ4v) is 0.273. The normalized spacial score (nSPS) is 12.4. The van der Waals surface area contributed by atoms with Crippen LogP contribution in [-0.2, 0) is 0 Å². The Bertz CT molecular complexity index is 116. The molecule has 0 aromatic carbocycles. The van der Waals surface area contributed by atoms with E-state index in [0.29, 0.717) is 5.70 Å². The average Bonchev–Trinajstić information content (AvgIpc) is 1.84. The second-order valence-electron chi connectivity index (χ2n) is 1.43. The Balaban J connectivity index is 4.03. The van der Waals surface area contributed by atoms with Gasteiger partial charge in [0.15, 0.2) is 0 Å². The number of nitrogens with one attached hydrogen (secondary N) is 1. The summed E-state index contributed by atoms with van der Waals surface area (Å²) in [5.74, 6) is -0.299. The van der Waals surface area contributed by atoms with Gasteiger partial charge in [-0.25, -0.2) is 4.39 Å². The molecule has 0 aromatic rings. The van der Waals surface area contributed by atoms with E-state index < -0.39 is 0 Å². The second kappa shape index (κ2) is 3.24. The van der Waals surface area contributed by atoms with Crippen LogP contribution in [0.5, 0.6) is 0 Å². The highest BCUT2D eigenvalue weighted by molar-refractivity contribution is 5.13. The molecule has 0 heterocycles. The van der Waals surface area contributed by atoms with Crippen LogP contribution in [0.2, 0.25) is 0 Å². The molecule has 1 N–H and O–H groups in total. The number of halogens is 1. The van der Waals surface area contributed by atoms with Crippen molar-refractivity contribution in [3.05, 3.63) is 24.2 Å². The molecule has 0 bridgehead atoms. The van der Waals surface area contributed by atoms with E-state index in [2.05, 4.69) is 11.9 Å². The molecule has 0 atom stereocenters. The van der Waals surface area contributed by atoms with Gasteiger partial charge in [0.25, 0.3) is 0 Å². The van der Waals surface area contributed by atoms with Crippen LogP contribution in [-0.4, -0.2) is 7.05 Å². The van der Waals surface area contributed by atoms with E-state index in [1.54, 1.807) is 14.0 Å². The summed E-state index contributed by atoms with van der Waals surface area (Å²) in [5, 5.41) is 2.65. The van der Waals surface area contributed by atoms with Gasteiger partial charge in [-0.3, -0.25) is 0 Å². The van der Waals surface area contributed by atoms with Gasteiger partial charge < -0.3 is 5.32 Å². The Labute approximate surface area is 48.9 Å². The fourth-order valence-electron chi connectivity index (χ4n) is 0.273. The highest BCUT2D eigenvalue weighted by Gasteiger charge is 1.89. The minimum absolute atomic E-state index is 0.299. The van der Waals surface area contributed by atoms with Gasteiger partial charge in [0.05, 0.1) is 0 Å². The van der Waals surface area contributed by atoms with Crippen molar-refractivity contribution >= 4 is 0 Å². The van der Waals surface area contributed by atoms with E-state index >= 15 is 0 Å². The predicted molar refractivity (Wildman–Crippen MR) is 33.1 cm³/mol. The monoisotopic (exact) mass is 115 g/mol. The highest BCUT2D eigenvalue weighted by atomic mass is 19.1. The molecule has 8 heavy (non-hydrogen) atoms. The van der Waals surface area contributed by atoms with Crippen molar-refractivity contribution in [1.29, 1.82) is 0 Å². The third kappa shape index (κ3) is 1.78. The van der Waals surface area contributed by atoms with Gasteiger partial charge >= 0.3 is 0 Å². The molecule has 0 amide bonds. The lowest BCUT2D eigenvalue weighted by Gasteiger charge is -1.96. The van der Waals surface area contributed by atoms with E-state index in [-0.39, 0.29) is 5.83 Å². The van der Waals surface area contributed by atoms with Gasteiger partial charge in [-0.2, -0.15) is 0 Å². The first-order valence-corrected chi connectivity index (χ1v) is 2.39. The maximum atomic E-state index is 12.2. The molecule has 0 aromatic heterocycles. The zero-order valence-electron chi connectivity index (χ0n) is 5.16. The third-order valence-corrected chi connectivity index (χ3v) is 0.912. The van der Waals surface area contributed by atoms with Gasteiger partial charge in [0.2, 0.25) is 0 Å². The Morgan fingerprint density at radius 2 is 2.25 bits per heavy atom. The van der Waals surface area contributed by atoms with Crippen molar-refractivity contribution in [2.45, 2.75) is 6.92 Å². The molecule has 0 saturated heterocycles. The lowest BCUT2D eigenvalue weighted by molar-refractivity contribution is 0.641. The minimum atomic E-state index is -0.299. The number of allylic oxidation sites excluding steroid dienone is 3. The summed E-state index contributed by atoms with van der Waals surface area (Å²) >= 11 is 0. The van der Waals surface area contributed by atoms with Crippen molar-refractivity contribution in [3.63, 3.8) is 0 Å². The van der Waals surface area contributed by atoms with E-state index in [4.69, 9.17) is 0 Å². The molecular formula is C6H10FN. The Morgan fingerprint density at radius 3 is 2.38 bits per heavy atom. The summed E-state index contributed by atoms with van der Waals surface area (Å²) in [5.41, 5.74) is 0.514. The van der Waals surface area contributed by atoms with Gasteiger partial charge in [-0.1, -0.05) is 6.58 Å². The Morgan fingerprint density at radius 1 is 1.75 bits per heavy atom. The maximum Gasteiger partial charge on any atom is 0.141 e. The van der Waals surface area contributed by atoms with Crippen LogP contribution in [0, 0.1) is 0 Å². The highest BCUT2D eigenvalue weighted by Crippen LogP contribution is 2.00. The quantitative estimate of drug-likeness (QED) is 0.539. The predicted octanol–water partition coefficient (Wildman–Crippen LogP) is 1.59. The van der Waals surface area contributed by atoms with Crippen molar-refractivity contribution in [3.8, 4) is 0 Å². The van der Waals surface area contributed by atoms with Crippen molar-refractivity contribution in [2.24, 2.45) is 0 Å². The van der Waals surface area contributed by atoms with Crippen LogP contribution >= 0.6 is 0 Å². The molecule has 2 heteroatoms. The smallest absolute Gasteiger partial charge is 0.141 e. The lowest BCUT2D eigenvalue weighted by atomic mass is 10.4. The molecule has 0 unspecified atom stereocenters. The number of hydrogen-bond donors (Lipinski definition) is 1. The van der Waals surface area contributed by atoms with E-state index in [1.165, 1.54) is 6.08 Å². The van der Waals surface area contributed by atoms with Crippen molar-refractivity contribution in [1.82, 2.24) is 5.32 Å². The van der Waals surface area contributed by atoms with Gasteiger partial charge in [0.1, 0.15) is 5.83 Å². The summed E-state index contributed by atoms with van der Waals surface area (Å²) in [6.07, 6.45) is 1.17. The van der Waals surface area contributed by atoms with Crippen molar-refractivity contribution < 1.29 is 4.39 Å². The minimum Gasteiger partial charge on any atom is -0.389 e.